The van der Waals surface area contributed by atoms with Crippen LogP contribution in [-0.2, 0) is 4.74 Å². The lowest BCUT2D eigenvalue weighted by Gasteiger charge is -2.08. The second-order valence-corrected chi connectivity index (χ2v) is 3.57. The van der Waals surface area contributed by atoms with E-state index in [4.69, 9.17) is 4.74 Å². The van der Waals surface area contributed by atoms with Gasteiger partial charge in [0, 0.05) is 7.11 Å². The summed E-state index contributed by atoms with van der Waals surface area (Å²) < 4.78 is 7.37. The maximum absolute atomic E-state index is 5.43. The maximum atomic E-state index is 5.43. The summed E-state index contributed by atoms with van der Waals surface area (Å²) in [6.45, 7) is 7.76. The van der Waals surface area contributed by atoms with Crippen molar-refractivity contribution in [2.45, 2.75) is 26.5 Å². The van der Waals surface area contributed by atoms with Crippen molar-refractivity contribution in [3.8, 4) is 0 Å². The maximum Gasteiger partial charge on any atom is 0.265 e. The Morgan fingerprint density at radius 1 is 1.06 bits per heavy atom. The van der Waals surface area contributed by atoms with E-state index in [0.717, 1.165) is 6.42 Å². The Morgan fingerprint density at radius 2 is 1.72 bits per heavy atom. The summed E-state index contributed by atoms with van der Waals surface area (Å²) in [4.78, 5) is 0. The van der Waals surface area contributed by atoms with E-state index in [1.807, 2.05) is 67.2 Å². The first kappa shape index (κ1) is 16.3. The van der Waals surface area contributed by atoms with Crippen LogP contribution >= 0.6 is 0 Å². The van der Waals surface area contributed by atoms with Gasteiger partial charge in [-0.25, -0.2) is 0 Å². The Labute approximate surface area is 111 Å². The molecule has 0 aromatic heterocycles. The molecule has 0 aromatic carbocycles. The fourth-order valence-electron chi connectivity index (χ4n) is 1.31. The average Bonchev–Trinajstić information content (AvgIpc) is 2.40. The lowest BCUT2D eigenvalue weighted by Crippen LogP contribution is -2.23. The molecule has 0 saturated heterocycles. The van der Waals surface area contributed by atoms with Crippen molar-refractivity contribution in [2.24, 2.45) is 0 Å². The Bertz CT molecular complexity index is 359. The molecule has 0 radical (unpaired) electrons. The van der Waals surface area contributed by atoms with Crippen LogP contribution in [0.5, 0.6) is 0 Å². The zero-order valence-electron chi connectivity index (χ0n) is 11.6. The summed E-state index contributed by atoms with van der Waals surface area (Å²) in [5, 5.41) is 0. The van der Waals surface area contributed by atoms with Gasteiger partial charge < -0.3 is 4.74 Å². The molecule has 0 heterocycles. The first-order valence-corrected chi connectivity index (χ1v) is 6.13. The third-order valence-electron chi connectivity index (χ3n) is 2.27. The lowest BCUT2D eigenvalue weighted by molar-refractivity contribution is -0.548. The fourth-order valence-corrected chi connectivity index (χ4v) is 1.31. The van der Waals surface area contributed by atoms with Crippen molar-refractivity contribution in [1.82, 2.24) is 0 Å². The highest BCUT2D eigenvalue weighted by Crippen LogP contribution is 2.01. The molecule has 0 aliphatic rings. The Balaban J connectivity index is 4.45. The van der Waals surface area contributed by atoms with Gasteiger partial charge in [0.05, 0.1) is 6.42 Å². The van der Waals surface area contributed by atoms with Gasteiger partial charge in [-0.3, -0.25) is 0 Å². The van der Waals surface area contributed by atoms with Crippen LogP contribution in [-0.4, -0.2) is 24.1 Å². The van der Waals surface area contributed by atoms with Crippen LogP contribution in [0.2, 0.25) is 0 Å². The molecule has 0 fully saturated rings. The molecule has 1 unspecified atom stereocenters. The Hall–Kier alpha value is -1.67. The SMILES string of the molecule is C=C/[N+](=C\C=C/C)C(C/C=C/C=C\C=C/C)OC. The van der Waals surface area contributed by atoms with Gasteiger partial charge in [0.2, 0.25) is 0 Å². The van der Waals surface area contributed by atoms with Crippen molar-refractivity contribution < 1.29 is 9.31 Å². The molecule has 0 aliphatic heterocycles. The van der Waals surface area contributed by atoms with E-state index in [0.29, 0.717) is 0 Å². The van der Waals surface area contributed by atoms with Crippen LogP contribution in [0.15, 0.2) is 61.4 Å². The number of ether oxygens (including phenoxy) is 1. The van der Waals surface area contributed by atoms with Crippen LogP contribution in [0.3, 0.4) is 0 Å². The number of hydrogen-bond donors (Lipinski definition) is 0. The van der Waals surface area contributed by atoms with E-state index in [2.05, 4.69) is 12.7 Å². The monoisotopic (exact) mass is 246 g/mol. The second-order valence-electron chi connectivity index (χ2n) is 3.57. The van der Waals surface area contributed by atoms with Crippen molar-refractivity contribution in [2.75, 3.05) is 7.11 Å². The van der Waals surface area contributed by atoms with Crippen LogP contribution in [0, 0.1) is 0 Å². The van der Waals surface area contributed by atoms with Crippen molar-refractivity contribution >= 4 is 6.21 Å². The molecule has 2 heteroatoms. The zero-order valence-corrected chi connectivity index (χ0v) is 11.6. The number of methoxy groups -OCH3 is 1. The lowest BCUT2D eigenvalue weighted by atomic mass is 10.3. The van der Waals surface area contributed by atoms with E-state index in [1.54, 1.807) is 13.3 Å². The normalized spacial score (nSPS) is 15.4. The minimum absolute atomic E-state index is 0.0231. The standard InChI is InChI=1S/C16H24NO/c1-5-8-10-11-12-13-14-16(18-4)17(7-3)15-9-6-2/h5-13,15-16H,3,14H2,1-2,4H3/q+1/b8-5-,9-6-,11-10-,13-12+,17-15+. The molecule has 0 aromatic rings. The van der Waals surface area contributed by atoms with Gasteiger partial charge in [0.25, 0.3) is 6.23 Å². The smallest absolute Gasteiger partial charge is 0.265 e. The highest BCUT2D eigenvalue weighted by molar-refractivity contribution is 5.66. The average molecular weight is 246 g/mol. The van der Waals surface area contributed by atoms with Crippen molar-refractivity contribution in [1.29, 1.82) is 0 Å². The van der Waals surface area contributed by atoms with E-state index in [-0.39, 0.29) is 6.23 Å². The van der Waals surface area contributed by atoms with Gasteiger partial charge in [-0.1, -0.05) is 42.5 Å². The Morgan fingerprint density at radius 3 is 2.28 bits per heavy atom. The first-order valence-electron chi connectivity index (χ1n) is 6.13. The molecule has 98 valence electrons. The summed E-state index contributed by atoms with van der Waals surface area (Å²) in [6.07, 6.45) is 20.5. The third-order valence-corrected chi connectivity index (χ3v) is 2.27. The summed E-state index contributed by atoms with van der Waals surface area (Å²) in [6, 6.07) is 0. The fraction of sp³-hybridized carbons (Fsp3) is 0.312. The third kappa shape index (κ3) is 7.58. The van der Waals surface area contributed by atoms with Crippen LogP contribution in [0.25, 0.3) is 0 Å². The van der Waals surface area contributed by atoms with E-state index in [9.17, 15) is 0 Å². The molecular formula is C16H24NO+. The molecule has 18 heavy (non-hydrogen) atoms. The van der Waals surface area contributed by atoms with Gasteiger partial charge in [0.15, 0.2) is 12.4 Å². The highest BCUT2D eigenvalue weighted by atomic mass is 16.5. The van der Waals surface area contributed by atoms with Gasteiger partial charge >= 0.3 is 0 Å². The molecular weight excluding hydrogens is 222 g/mol. The topological polar surface area (TPSA) is 12.2 Å². The van der Waals surface area contributed by atoms with Gasteiger partial charge in [-0.15, -0.1) is 0 Å². The summed E-state index contributed by atoms with van der Waals surface area (Å²) >= 11 is 0. The molecule has 0 bridgehead atoms. The minimum Gasteiger partial charge on any atom is -0.324 e. The number of nitrogens with zero attached hydrogens (tertiary/aromatic N) is 1. The van der Waals surface area contributed by atoms with E-state index in [1.165, 1.54) is 0 Å². The summed E-state index contributed by atoms with van der Waals surface area (Å²) in [5.74, 6) is 0. The predicted octanol–water partition coefficient (Wildman–Crippen LogP) is 3.84. The van der Waals surface area contributed by atoms with Crippen molar-refractivity contribution in [3.63, 3.8) is 0 Å². The largest absolute Gasteiger partial charge is 0.324 e. The van der Waals surface area contributed by atoms with Gasteiger partial charge in [-0.2, -0.15) is 4.58 Å². The van der Waals surface area contributed by atoms with Gasteiger partial charge in [0.1, 0.15) is 0 Å². The molecule has 0 spiro atoms. The molecule has 0 N–H and O–H groups in total. The minimum atomic E-state index is -0.0231. The van der Waals surface area contributed by atoms with Crippen LogP contribution in [0.1, 0.15) is 20.3 Å². The van der Waals surface area contributed by atoms with Gasteiger partial charge in [-0.05, 0) is 26.5 Å². The first-order chi connectivity index (χ1) is 8.79. The molecule has 0 aliphatic carbocycles. The molecule has 2 nitrogen and oxygen atoms in total. The van der Waals surface area contributed by atoms with E-state index >= 15 is 0 Å². The highest BCUT2D eigenvalue weighted by Gasteiger charge is 2.14. The van der Waals surface area contributed by atoms with Crippen LogP contribution < -0.4 is 0 Å². The number of hydrogen-bond acceptors (Lipinski definition) is 1. The molecule has 0 rings (SSSR count). The summed E-state index contributed by atoms with van der Waals surface area (Å²) in [5.41, 5.74) is 0. The van der Waals surface area contributed by atoms with E-state index < -0.39 is 0 Å². The Kier molecular flexibility index (Phi) is 10.7. The second kappa shape index (κ2) is 11.8. The number of allylic oxidation sites excluding steroid dienone is 7. The van der Waals surface area contributed by atoms with Crippen LogP contribution in [0.4, 0.5) is 0 Å². The molecule has 0 amide bonds. The predicted molar refractivity (Wildman–Crippen MR) is 79.8 cm³/mol. The quantitative estimate of drug-likeness (QED) is 0.274. The summed E-state index contributed by atoms with van der Waals surface area (Å²) in [7, 11) is 1.70. The zero-order chi connectivity index (χ0) is 13.6. The number of rotatable bonds is 8. The molecule has 0 saturated carbocycles. The van der Waals surface area contributed by atoms with Crippen molar-refractivity contribution in [3.05, 3.63) is 61.4 Å². The molecule has 1 atom stereocenters.